The van der Waals surface area contributed by atoms with E-state index in [1.807, 2.05) is 43.3 Å². The molecule has 2 aromatic heterocycles. The molecule has 0 fully saturated rings. The van der Waals surface area contributed by atoms with Crippen molar-refractivity contribution in [2.45, 2.75) is 13.0 Å². The van der Waals surface area contributed by atoms with E-state index in [2.05, 4.69) is 9.97 Å². The molecule has 0 N–H and O–H groups in total. The summed E-state index contributed by atoms with van der Waals surface area (Å²) in [6, 6.07) is 15.0. The Kier molecular flexibility index (Phi) is 5.15. The van der Waals surface area contributed by atoms with Gasteiger partial charge in [0.15, 0.2) is 6.61 Å². The van der Waals surface area contributed by atoms with Crippen LogP contribution >= 0.6 is 22.9 Å². The van der Waals surface area contributed by atoms with Gasteiger partial charge in [0, 0.05) is 18.6 Å². The molecule has 0 aliphatic rings. The van der Waals surface area contributed by atoms with Gasteiger partial charge in [-0.15, -0.1) is 11.3 Å². The first-order chi connectivity index (χ1) is 13.5. The number of pyridine rings is 1. The molecular weight excluding hydrogens is 394 g/mol. The minimum atomic E-state index is -0.145. The summed E-state index contributed by atoms with van der Waals surface area (Å²) in [5.41, 5.74) is 1.59. The largest absolute Gasteiger partial charge is 0.481 e. The van der Waals surface area contributed by atoms with Crippen molar-refractivity contribution in [2.24, 2.45) is 0 Å². The maximum atomic E-state index is 12.7. The van der Waals surface area contributed by atoms with E-state index in [0.717, 1.165) is 20.6 Å². The van der Waals surface area contributed by atoms with Crippen LogP contribution in [0.15, 0.2) is 54.7 Å². The van der Waals surface area contributed by atoms with Crippen molar-refractivity contribution in [2.75, 3.05) is 13.7 Å². The van der Waals surface area contributed by atoms with Crippen LogP contribution in [-0.2, 0) is 4.79 Å². The van der Waals surface area contributed by atoms with Crippen LogP contribution in [0.3, 0.4) is 0 Å². The zero-order chi connectivity index (χ0) is 19.7. The van der Waals surface area contributed by atoms with E-state index in [1.54, 1.807) is 41.6 Å². The van der Waals surface area contributed by atoms with Gasteiger partial charge in [0.1, 0.15) is 16.3 Å². The predicted molar refractivity (Wildman–Crippen MR) is 113 cm³/mol. The molecule has 4 rings (SSSR count). The minimum absolute atomic E-state index is 0.0843. The topological polar surface area (TPSA) is 55.3 Å². The number of benzene rings is 2. The van der Waals surface area contributed by atoms with E-state index in [1.165, 1.54) is 0 Å². The number of hydrogen-bond acceptors (Lipinski definition) is 5. The summed E-state index contributed by atoms with van der Waals surface area (Å²) in [4.78, 5) is 23.3. The highest BCUT2D eigenvalue weighted by Gasteiger charge is 2.21. The van der Waals surface area contributed by atoms with Gasteiger partial charge in [0.2, 0.25) is 0 Å². The molecule has 4 aromatic rings. The lowest BCUT2D eigenvalue weighted by molar-refractivity contribution is -0.133. The number of halogens is 1. The van der Waals surface area contributed by atoms with Crippen molar-refractivity contribution in [1.29, 1.82) is 0 Å². The molecule has 0 saturated heterocycles. The summed E-state index contributed by atoms with van der Waals surface area (Å²) in [5, 5.41) is 2.30. The van der Waals surface area contributed by atoms with Crippen LogP contribution in [-0.4, -0.2) is 34.4 Å². The molecule has 0 bridgehead atoms. The molecule has 0 aliphatic carbocycles. The van der Waals surface area contributed by atoms with E-state index in [-0.39, 0.29) is 18.6 Å². The van der Waals surface area contributed by atoms with E-state index in [0.29, 0.717) is 16.3 Å². The number of thiazole rings is 1. The summed E-state index contributed by atoms with van der Waals surface area (Å²) in [5.74, 6) is 0.403. The smallest absolute Gasteiger partial charge is 0.260 e. The van der Waals surface area contributed by atoms with Crippen molar-refractivity contribution < 1.29 is 9.53 Å². The van der Waals surface area contributed by atoms with Gasteiger partial charge in [-0.1, -0.05) is 23.7 Å². The molecule has 2 heterocycles. The summed E-state index contributed by atoms with van der Waals surface area (Å²) < 4.78 is 6.88. The zero-order valence-electron chi connectivity index (χ0n) is 15.4. The Hall–Kier alpha value is -2.70. The monoisotopic (exact) mass is 411 g/mol. The van der Waals surface area contributed by atoms with E-state index in [9.17, 15) is 4.79 Å². The molecule has 28 heavy (non-hydrogen) atoms. The highest BCUT2D eigenvalue weighted by molar-refractivity contribution is 7.18. The number of carbonyl (C=O) groups is 1. The van der Waals surface area contributed by atoms with Gasteiger partial charge in [-0.2, -0.15) is 0 Å². The van der Waals surface area contributed by atoms with Crippen molar-refractivity contribution in [3.63, 3.8) is 0 Å². The number of para-hydroxylation sites is 1. The Labute approximate surface area is 171 Å². The highest BCUT2D eigenvalue weighted by atomic mass is 35.5. The number of aromatic nitrogens is 2. The van der Waals surface area contributed by atoms with Crippen LogP contribution < -0.4 is 4.74 Å². The fraction of sp³-hybridized carbons (Fsp3) is 0.190. The zero-order valence-corrected chi connectivity index (χ0v) is 17.0. The second-order valence-electron chi connectivity index (χ2n) is 6.43. The normalized spacial score (nSPS) is 12.2. The molecule has 0 unspecified atom stereocenters. The Morgan fingerprint density at radius 3 is 2.86 bits per heavy atom. The van der Waals surface area contributed by atoms with Crippen LogP contribution in [0.4, 0.5) is 0 Å². The Morgan fingerprint density at radius 2 is 2.04 bits per heavy atom. The summed E-state index contributed by atoms with van der Waals surface area (Å²) in [7, 11) is 1.76. The number of carbonyl (C=O) groups excluding carboxylic acids is 1. The van der Waals surface area contributed by atoms with Gasteiger partial charge in [0.05, 0.1) is 21.3 Å². The third kappa shape index (κ3) is 3.53. The lowest BCUT2D eigenvalue weighted by Gasteiger charge is -2.23. The van der Waals surface area contributed by atoms with Crippen molar-refractivity contribution in [1.82, 2.24) is 14.9 Å². The van der Waals surface area contributed by atoms with Crippen LogP contribution in [0, 0.1) is 0 Å². The standard InChI is InChI=1S/C21H18ClN3O2S/c1-13(21-24-16-7-3-4-8-18(16)28-21)25(2)19(26)12-27-17-10-9-15(22)14-6-5-11-23-20(14)17/h3-11,13H,12H2,1-2H3/t13-/m1/s1. The number of hydrogen-bond donors (Lipinski definition) is 0. The van der Waals surface area contributed by atoms with Crippen LogP contribution in [0.2, 0.25) is 5.02 Å². The molecule has 1 amide bonds. The summed E-state index contributed by atoms with van der Waals surface area (Å²) in [6.07, 6.45) is 1.68. The molecule has 1 atom stereocenters. The number of likely N-dealkylation sites (N-methyl/N-ethyl adjacent to an activating group) is 1. The van der Waals surface area contributed by atoms with Crippen LogP contribution in [0.25, 0.3) is 21.1 Å². The molecule has 0 radical (unpaired) electrons. The Morgan fingerprint density at radius 1 is 1.21 bits per heavy atom. The summed E-state index contributed by atoms with van der Waals surface area (Å²) >= 11 is 7.81. The Balaban J connectivity index is 1.48. The number of nitrogens with zero attached hydrogens (tertiary/aromatic N) is 3. The number of rotatable bonds is 5. The van der Waals surface area contributed by atoms with Gasteiger partial charge in [-0.05, 0) is 43.3 Å². The maximum Gasteiger partial charge on any atom is 0.260 e. The second-order valence-corrected chi connectivity index (χ2v) is 7.90. The summed E-state index contributed by atoms with van der Waals surface area (Å²) in [6.45, 7) is 1.88. The van der Waals surface area contributed by atoms with Gasteiger partial charge >= 0.3 is 0 Å². The first-order valence-electron chi connectivity index (χ1n) is 8.82. The van der Waals surface area contributed by atoms with Gasteiger partial charge in [-0.25, -0.2) is 4.98 Å². The van der Waals surface area contributed by atoms with Gasteiger partial charge in [0.25, 0.3) is 5.91 Å². The third-order valence-corrected chi connectivity index (χ3v) is 6.21. The average molecular weight is 412 g/mol. The first-order valence-corrected chi connectivity index (χ1v) is 10.0. The molecule has 7 heteroatoms. The minimum Gasteiger partial charge on any atom is -0.481 e. The predicted octanol–water partition coefficient (Wildman–Crippen LogP) is 5.10. The van der Waals surface area contributed by atoms with E-state index in [4.69, 9.17) is 16.3 Å². The maximum absolute atomic E-state index is 12.7. The van der Waals surface area contributed by atoms with Crippen molar-refractivity contribution >= 4 is 50.0 Å². The molecule has 142 valence electrons. The first kappa shape index (κ1) is 18.7. The van der Waals surface area contributed by atoms with Gasteiger partial charge in [-0.3, -0.25) is 9.78 Å². The lowest BCUT2D eigenvalue weighted by atomic mass is 10.2. The Bertz CT molecular complexity index is 1130. The lowest BCUT2D eigenvalue weighted by Crippen LogP contribution is -2.33. The molecule has 5 nitrogen and oxygen atoms in total. The van der Waals surface area contributed by atoms with Gasteiger partial charge < -0.3 is 9.64 Å². The fourth-order valence-corrected chi connectivity index (χ4v) is 4.20. The highest BCUT2D eigenvalue weighted by Crippen LogP contribution is 2.31. The average Bonchev–Trinajstić information content (AvgIpc) is 3.16. The molecular formula is C21H18ClN3O2S. The molecule has 0 saturated carbocycles. The quantitative estimate of drug-likeness (QED) is 0.458. The third-order valence-electron chi connectivity index (χ3n) is 4.67. The SMILES string of the molecule is C[C@H](c1nc2ccccc2s1)N(C)C(=O)COc1ccc(Cl)c2cccnc12. The van der Waals surface area contributed by atoms with Crippen LogP contribution in [0.5, 0.6) is 5.75 Å². The van der Waals surface area contributed by atoms with Crippen molar-refractivity contribution in [3.05, 3.63) is 64.8 Å². The molecule has 0 aliphatic heterocycles. The molecule has 0 spiro atoms. The van der Waals surface area contributed by atoms with E-state index >= 15 is 0 Å². The van der Waals surface area contributed by atoms with Crippen LogP contribution in [0.1, 0.15) is 18.0 Å². The van der Waals surface area contributed by atoms with E-state index < -0.39 is 0 Å². The van der Waals surface area contributed by atoms with Crippen molar-refractivity contribution in [3.8, 4) is 5.75 Å². The number of amides is 1. The fourth-order valence-electron chi connectivity index (χ4n) is 2.92. The number of fused-ring (bicyclic) bond motifs is 2. The number of ether oxygens (including phenoxy) is 1. The molecule has 2 aromatic carbocycles. The second kappa shape index (κ2) is 7.73.